The van der Waals surface area contributed by atoms with Gasteiger partial charge in [0.1, 0.15) is 5.57 Å². The first-order valence-electron chi connectivity index (χ1n) is 2.64. The highest BCUT2D eigenvalue weighted by Crippen LogP contribution is 1.95. The molecule has 0 bridgehead atoms. The minimum Gasteiger partial charge on any atom is -0.478 e. The summed E-state index contributed by atoms with van der Waals surface area (Å²) in [7, 11) is 0. The van der Waals surface area contributed by atoms with E-state index in [1.807, 2.05) is 0 Å². The lowest BCUT2D eigenvalue weighted by atomic mass is 10.2. The Labute approximate surface area is 61.9 Å². The van der Waals surface area contributed by atoms with E-state index in [-0.39, 0.29) is 0 Å². The van der Waals surface area contributed by atoms with Gasteiger partial charge in [-0.3, -0.25) is 4.79 Å². The average Bonchev–Trinajstić information content (AvgIpc) is 1.81. The zero-order valence-electron chi connectivity index (χ0n) is 5.70. The van der Waals surface area contributed by atoms with Crippen LogP contribution in [0.3, 0.4) is 0 Å². The molecular formula is C6H6O5. The molecule has 0 unspecified atom stereocenters. The number of hydrogen-bond acceptors (Lipinski definition) is 3. The molecule has 0 rings (SSSR count). The van der Waals surface area contributed by atoms with Gasteiger partial charge >= 0.3 is 11.9 Å². The molecule has 0 heterocycles. The fourth-order valence-corrected chi connectivity index (χ4v) is 0.437. The van der Waals surface area contributed by atoms with Crippen molar-refractivity contribution in [3.63, 3.8) is 0 Å². The van der Waals surface area contributed by atoms with E-state index in [0.29, 0.717) is 6.08 Å². The second kappa shape index (κ2) is 3.50. The summed E-state index contributed by atoms with van der Waals surface area (Å²) in [5.74, 6) is -3.75. The summed E-state index contributed by atoms with van der Waals surface area (Å²) in [6.45, 7) is 0.989. The van der Waals surface area contributed by atoms with Gasteiger partial charge in [-0.2, -0.15) is 0 Å². The Morgan fingerprint density at radius 1 is 1.18 bits per heavy atom. The molecular weight excluding hydrogens is 152 g/mol. The first kappa shape index (κ1) is 9.35. The number of carboxylic acids is 2. The number of carboxylic acid groups (broad SMARTS) is 2. The van der Waals surface area contributed by atoms with Gasteiger partial charge in [0, 0.05) is 6.08 Å². The molecule has 0 aromatic rings. The molecule has 0 fully saturated rings. The average molecular weight is 158 g/mol. The molecule has 0 saturated heterocycles. The van der Waals surface area contributed by atoms with E-state index >= 15 is 0 Å². The summed E-state index contributed by atoms with van der Waals surface area (Å²) in [6.07, 6.45) is 0.366. The van der Waals surface area contributed by atoms with Crippen LogP contribution in [0.4, 0.5) is 0 Å². The smallest absolute Gasteiger partial charge is 0.339 e. The van der Waals surface area contributed by atoms with Gasteiger partial charge in [-0.05, 0) is 6.92 Å². The number of aliphatic carboxylic acids is 2. The lowest BCUT2D eigenvalue weighted by Gasteiger charge is -1.91. The highest BCUT2D eigenvalue weighted by molar-refractivity contribution is 6.18. The second-order valence-corrected chi connectivity index (χ2v) is 1.76. The number of hydrogen-bond donors (Lipinski definition) is 2. The SMILES string of the molecule is CC(=O)/C(=C/C(=O)O)C(=O)O. The Morgan fingerprint density at radius 3 is 1.73 bits per heavy atom. The molecule has 0 radical (unpaired) electrons. The fraction of sp³-hybridized carbons (Fsp3) is 0.167. The van der Waals surface area contributed by atoms with Gasteiger partial charge in [0.25, 0.3) is 0 Å². The zero-order valence-corrected chi connectivity index (χ0v) is 5.70. The van der Waals surface area contributed by atoms with Crippen LogP contribution in [0.2, 0.25) is 0 Å². The third-order valence-corrected chi connectivity index (χ3v) is 0.878. The first-order valence-corrected chi connectivity index (χ1v) is 2.64. The minimum absolute atomic E-state index is 0.366. The molecule has 0 aliphatic heterocycles. The molecule has 11 heavy (non-hydrogen) atoms. The van der Waals surface area contributed by atoms with E-state index in [0.717, 1.165) is 6.92 Å². The molecule has 0 atom stereocenters. The van der Waals surface area contributed by atoms with Gasteiger partial charge in [0.2, 0.25) is 0 Å². The van der Waals surface area contributed by atoms with Gasteiger partial charge in [-0.15, -0.1) is 0 Å². The van der Waals surface area contributed by atoms with Crippen LogP contribution in [-0.4, -0.2) is 27.9 Å². The van der Waals surface area contributed by atoms with E-state index < -0.39 is 23.3 Å². The number of rotatable bonds is 3. The van der Waals surface area contributed by atoms with Gasteiger partial charge in [0.15, 0.2) is 5.78 Å². The molecule has 0 aliphatic carbocycles. The maximum atomic E-state index is 10.4. The van der Waals surface area contributed by atoms with Crippen LogP contribution in [0, 0.1) is 0 Å². The van der Waals surface area contributed by atoms with Gasteiger partial charge in [-0.1, -0.05) is 0 Å². The normalized spacial score (nSPS) is 10.8. The number of Topliss-reactive ketones (excluding diaryl/α,β-unsaturated/α-hetero) is 1. The predicted molar refractivity (Wildman–Crippen MR) is 34.0 cm³/mol. The fourth-order valence-electron chi connectivity index (χ4n) is 0.437. The van der Waals surface area contributed by atoms with Crippen LogP contribution in [0.15, 0.2) is 11.6 Å². The number of carbonyl (C=O) groups is 3. The molecule has 2 N–H and O–H groups in total. The maximum absolute atomic E-state index is 10.4. The summed E-state index contributed by atoms with van der Waals surface area (Å²) in [5, 5.41) is 16.3. The predicted octanol–water partition coefficient (Wildman–Crippen LogP) is -0.329. The zero-order chi connectivity index (χ0) is 9.02. The van der Waals surface area contributed by atoms with Crippen LogP contribution < -0.4 is 0 Å². The maximum Gasteiger partial charge on any atom is 0.339 e. The third kappa shape index (κ3) is 3.14. The molecule has 5 heteroatoms. The molecule has 0 aliphatic rings. The van der Waals surface area contributed by atoms with E-state index in [2.05, 4.69) is 0 Å². The summed E-state index contributed by atoms with van der Waals surface area (Å²) in [6, 6.07) is 0. The highest BCUT2D eigenvalue weighted by Gasteiger charge is 2.13. The summed E-state index contributed by atoms with van der Waals surface area (Å²) < 4.78 is 0. The first-order chi connectivity index (χ1) is 4.95. The molecule has 0 saturated carbocycles. The molecule has 5 nitrogen and oxygen atoms in total. The van der Waals surface area contributed by atoms with Crippen molar-refractivity contribution >= 4 is 17.7 Å². The van der Waals surface area contributed by atoms with Crippen LogP contribution in [0.25, 0.3) is 0 Å². The van der Waals surface area contributed by atoms with E-state index in [1.54, 1.807) is 0 Å². The Morgan fingerprint density at radius 2 is 1.64 bits per heavy atom. The van der Waals surface area contributed by atoms with Crippen LogP contribution in [-0.2, 0) is 14.4 Å². The van der Waals surface area contributed by atoms with Crippen molar-refractivity contribution < 1.29 is 24.6 Å². The monoisotopic (exact) mass is 158 g/mol. The molecule has 0 spiro atoms. The van der Waals surface area contributed by atoms with Crippen molar-refractivity contribution in [1.82, 2.24) is 0 Å². The minimum atomic E-state index is -1.53. The van der Waals surface area contributed by atoms with Crippen LogP contribution in [0.1, 0.15) is 6.92 Å². The molecule has 0 amide bonds. The van der Waals surface area contributed by atoms with Gasteiger partial charge in [0.05, 0.1) is 0 Å². The van der Waals surface area contributed by atoms with Crippen molar-refractivity contribution in [3.8, 4) is 0 Å². The van der Waals surface area contributed by atoms with E-state index in [9.17, 15) is 14.4 Å². The topological polar surface area (TPSA) is 91.7 Å². The third-order valence-electron chi connectivity index (χ3n) is 0.878. The number of carbonyl (C=O) groups excluding carboxylic acids is 1. The second-order valence-electron chi connectivity index (χ2n) is 1.76. The molecule has 0 aromatic heterocycles. The van der Waals surface area contributed by atoms with Crippen LogP contribution >= 0.6 is 0 Å². The van der Waals surface area contributed by atoms with Crippen molar-refractivity contribution in [2.45, 2.75) is 6.92 Å². The summed E-state index contributed by atoms with van der Waals surface area (Å²) >= 11 is 0. The highest BCUT2D eigenvalue weighted by atomic mass is 16.4. The van der Waals surface area contributed by atoms with Crippen molar-refractivity contribution in [2.24, 2.45) is 0 Å². The molecule has 0 aromatic carbocycles. The Hall–Kier alpha value is -1.65. The van der Waals surface area contributed by atoms with Crippen LogP contribution in [0.5, 0.6) is 0 Å². The summed E-state index contributed by atoms with van der Waals surface area (Å²) in [4.78, 5) is 30.5. The molecule has 60 valence electrons. The Kier molecular flexibility index (Phi) is 2.98. The lowest BCUT2D eigenvalue weighted by Crippen LogP contribution is -2.10. The lowest BCUT2D eigenvalue weighted by molar-refractivity contribution is -0.136. The Balaban J connectivity index is 4.75. The summed E-state index contributed by atoms with van der Waals surface area (Å²) in [5.41, 5.74) is -0.725. The standard InChI is InChI=1S/C6H6O5/c1-3(7)4(6(10)11)2-5(8)9/h2H,1H3,(H,8,9)(H,10,11)/b4-2-. The quantitative estimate of drug-likeness (QED) is 0.333. The van der Waals surface area contributed by atoms with E-state index in [1.165, 1.54) is 0 Å². The van der Waals surface area contributed by atoms with Crippen molar-refractivity contribution in [3.05, 3.63) is 11.6 Å². The van der Waals surface area contributed by atoms with Crippen molar-refractivity contribution in [1.29, 1.82) is 0 Å². The van der Waals surface area contributed by atoms with Crippen molar-refractivity contribution in [2.75, 3.05) is 0 Å². The van der Waals surface area contributed by atoms with E-state index in [4.69, 9.17) is 10.2 Å². The largest absolute Gasteiger partial charge is 0.478 e. The van der Waals surface area contributed by atoms with Gasteiger partial charge in [-0.25, -0.2) is 9.59 Å². The van der Waals surface area contributed by atoms with Gasteiger partial charge < -0.3 is 10.2 Å². The number of ketones is 1. The Bertz CT molecular complexity index is 221.